The van der Waals surface area contributed by atoms with Crippen LogP contribution in [0.2, 0.25) is 0 Å². The van der Waals surface area contributed by atoms with E-state index in [1.807, 2.05) is 0 Å². The summed E-state index contributed by atoms with van der Waals surface area (Å²) in [6, 6.07) is 0. The minimum Gasteiger partial charge on any atom is -0.392 e. The minimum absolute atomic E-state index is 0.000556. The van der Waals surface area contributed by atoms with E-state index in [0.717, 1.165) is 19.4 Å². The van der Waals surface area contributed by atoms with Gasteiger partial charge in [-0.25, -0.2) is 0 Å². The second-order valence-corrected chi connectivity index (χ2v) is 3.51. The monoisotopic (exact) mass is 187 g/mol. The molecule has 0 aromatic rings. The van der Waals surface area contributed by atoms with Crippen molar-refractivity contribution >= 4 is 5.91 Å². The van der Waals surface area contributed by atoms with Crippen LogP contribution in [0.5, 0.6) is 0 Å². The van der Waals surface area contributed by atoms with Crippen LogP contribution in [0, 0.1) is 5.92 Å². The second-order valence-electron chi connectivity index (χ2n) is 3.51. The van der Waals surface area contributed by atoms with E-state index in [-0.39, 0.29) is 11.8 Å². The Morgan fingerprint density at radius 3 is 3.08 bits per heavy atom. The molecule has 2 atom stereocenters. The highest BCUT2D eigenvalue weighted by Crippen LogP contribution is 2.13. The van der Waals surface area contributed by atoms with Gasteiger partial charge in [0.05, 0.1) is 18.6 Å². The first-order valence-corrected chi connectivity index (χ1v) is 4.73. The van der Waals surface area contributed by atoms with Gasteiger partial charge in [0.1, 0.15) is 0 Å². The van der Waals surface area contributed by atoms with Gasteiger partial charge >= 0.3 is 0 Å². The number of rotatable bonds is 3. The number of carbonyl (C=O) groups is 1. The van der Waals surface area contributed by atoms with Gasteiger partial charge in [-0.05, 0) is 19.8 Å². The number of hydrogen-bond donors (Lipinski definition) is 2. The summed E-state index contributed by atoms with van der Waals surface area (Å²) in [4.78, 5) is 11.4. The molecule has 0 aromatic carbocycles. The number of nitrogens with one attached hydrogen (secondary N) is 1. The van der Waals surface area contributed by atoms with Gasteiger partial charge in [0.2, 0.25) is 5.91 Å². The van der Waals surface area contributed by atoms with E-state index in [4.69, 9.17) is 9.84 Å². The number of hydrogen-bond acceptors (Lipinski definition) is 3. The van der Waals surface area contributed by atoms with Gasteiger partial charge in [0, 0.05) is 13.2 Å². The average Bonchev–Trinajstić information content (AvgIpc) is 2.15. The van der Waals surface area contributed by atoms with Crippen LogP contribution >= 0.6 is 0 Å². The molecule has 0 saturated carbocycles. The summed E-state index contributed by atoms with van der Waals surface area (Å²) in [6.07, 6.45) is 1.37. The van der Waals surface area contributed by atoms with Crippen LogP contribution in [-0.2, 0) is 9.53 Å². The average molecular weight is 187 g/mol. The van der Waals surface area contributed by atoms with E-state index in [1.165, 1.54) is 0 Å². The molecule has 0 aliphatic carbocycles. The van der Waals surface area contributed by atoms with Crippen LogP contribution in [0.25, 0.3) is 0 Å². The lowest BCUT2D eigenvalue weighted by atomic mass is 10.0. The van der Waals surface area contributed by atoms with Gasteiger partial charge in [-0.2, -0.15) is 0 Å². The van der Waals surface area contributed by atoms with Crippen molar-refractivity contribution in [1.29, 1.82) is 0 Å². The van der Waals surface area contributed by atoms with Crippen LogP contribution in [-0.4, -0.2) is 36.9 Å². The standard InChI is InChI=1S/C9H17NO3/c1-7(11)5-10-9(12)8-3-2-4-13-6-8/h7-8,11H,2-6H2,1H3,(H,10,12)/t7-,8?/m0/s1. The molecule has 4 heteroatoms. The predicted molar refractivity (Wildman–Crippen MR) is 48.2 cm³/mol. The Morgan fingerprint density at radius 1 is 1.77 bits per heavy atom. The van der Waals surface area contributed by atoms with Gasteiger partial charge in [0.25, 0.3) is 0 Å². The Morgan fingerprint density at radius 2 is 2.54 bits per heavy atom. The molecule has 1 unspecified atom stereocenters. The van der Waals surface area contributed by atoms with Crippen molar-refractivity contribution in [3.63, 3.8) is 0 Å². The second kappa shape index (κ2) is 5.19. The zero-order valence-electron chi connectivity index (χ0n) is 7.95. The lowest BCUT2D eigenvalue weighted by Crippen LogP contribution is -2.38. The highest BCUT2D eigenvalue weighted by molar-refractivity contribution is 5.78. The van der Waals surface area contributed by atoms with Crippen molar-refractivity contribution in [2.75, 3.05) is 19.8 Å². The zero-order chi connectivity index (χ0) is 9.68. The van der Waals surface area contributed by atoms with Gasteiger partial charge < -0.3 is 15.2 Å². The van der Waals surface area contributed by atoms with Crippen molar-refractivity contribution < 1.29 is 14.6 Å². The minimum atomic E-state index is -0.478. The molecular weight excluding hydrogens is 170 g/mol. The van der Waals surface area contributed by atoms with Crippen LogP contribution in [0.4, 0.5) is 0 Å². The van der Waals surface area contributed by atoms with E-state index in [9.17, 15) is 4.79 Å². The van der Waals surface area contributed by atoms with Crippen LogP contribution in [0.1, 0.15) is 19.8 Å². The number of aliphatic hydroxyl groups is 1. The summed E-state index contributed by atoms with van der Waals surface area (Å²) in [5, 5.41) is 11.6. The fourth-order valence-corrected chi connectivity index (χ4v) is 1.34. The number of ether oxygens (including phenoxy) is 1. The van der Waals surface area contributed by atoms with Crippen LogP contribution in [0.3, 0.4) is 0 Å². The predicted octanol–water partition coefficient (Wildman–Crippen LogP) is -0.0900. The zero-order valence-corrected chi connectivity index (χ0v) is 7.95. The summed E-state index contributed by atoms with van der Waals surface area (Å²) in [5.41, 5.74) is 0. The topological polar surface area (TPSA) is 58.6 Å². The molecule has 1 aliphatic rings. The summed E-state index contributed by atoms with van der Waals surface area (Å²) in [5.74, 6) is -0.0203. The van der Waals surface area contributed by atoms with Crippen LogP contribution < -0.4 is 5.32 Å². The van der Waals surface area contributed by atoms with E-state index in [2.05, 4.69) is 5.32 Å². The van der Waals surface area contributed by atoms with E-state index < -0.39 is 6.10 Å². The summed E-state index contributed by atoms with van der Waals surface area (Å²) in [6.45, 7) is 3.26. The molecule has 1 fully saturated rings. The molecule has 1 rings (SSSR count). The SMILES string of the molecule is C[C@H](O)CNC(=O)C1CCCOC1. The maximum atomic E-state index is 11.4. The number of aliphatic hydroxyl groups excluding tert-OH is 1. The lowest BCUT2D eigenvalue weighted by molar-refractivity contribution is -0.129. The van der Waals surface area contributed by atoms with Gasteiger partial charge in [0.15, 0.2) is 0 Å². The first-order chi connectivity index (χ1) is 6.20. The molecule has 4 nitrogen and oxygen atoms in total. The molecular formula is C9H17NO3. The fourth-order valence-electron chi connectivity index (χ4n) is 1.34. The fraction of sp³-hybridized carbons (Fsp3) is 0.889. The van der Waals surface area contributed by atoms with E-state index in [0.29, 0.717) is 13.2 Å². The Hall–Kier alpha value is -0.610. The third kappa shape index (κ3) is 3.74. The molecule has 76 valence electrons. The van der Waals surface area contributed by atoms with Crippen molar-refractivity contribution in [3.05, 3.63) is 0 Å². The molecule has 0 bridgehead atoms. The summed E-state index contributed by atoms with van der Waals surface area (Å²) < 4.78 is 5.19. The first kappa shape index (κ1) is 10.5. The van der Waals surface area contributed by atoms with Crippen molar-refractivity contribution in [1.82, 2.24) is 5.32 Å². The smallest absolute Gasteiger partial charge is 0.225 e. The Labute approximate surface area is 78.3 Å². The highest BCUT2D eigenvalue weighted by atomic mass is 16.5. The molecule has 13 heavy (non-hydrogen) atoms. The molecule has 1 aliphatic heterocycles. The molecule has 2 N–H and O–H groups in total. The Balaban J connectivity index is 2.21. The maximum Gasteiger partial charge on any atom is 0.225 e. The molecule has 1 saturated heterocycles. The lowest BCUT2D eigenvalue weighted by Gasteiger charge is -2.21. The Bertz CT molecular complexity index is 164. The van der Waals surface area contributed by atoms with Crippen molar-refractivity contribution in [2.24, 2.45) is 5.92 Å². The van der Waals surface area contributed by atoms with Crippen LogP contribution in [0.15, 0.2) is 0 Å². The number of carbonyl (C=O) groups excluding carboxylic acids is 1. The normalized spacial score (nSPS) is 25.2. The van der Waals surface area contributed by atoms with E-state index in [1.54, 1.807) is 6.92 Å². The van der Waals surface area contributed by atoms with Gasteiger partial charge in [-0.3, -0.25) is 4.79 Å². The largest absolute Gasteiger partial charge is 0.392 e. The number of amides is 1. The maximum absolute atomic E-state index is 11.4. The van der Waals surface area contributed by atoms with Crippen molar-refractivity contribution in [2.45, 2.75) is 25.9 Å². The molecule has 1 heterocycles. The van der Waals surface area contributed by atoms with Gasteiger partial charge in [-0.1, -0.05) is 0 Å². The molecule has 0 aromatic heterocycles. The third-order valence-corrected chi connectivity index (χ3v) is 2.10. The first-order valence-electron chi connectivity index (χ1n) is 4.73. The van der Waals surface area contributed by atoms with E-state index >= 15 is 0 Å². The van der Waals surface area contributed by atoms with Gasteiger partial charge in [-0.15, -0.1) is 0 Å². The molecule has 0 radical (unpaired) electrons. The quantitative estimate of drug-likeness (QED) is 0.649. The molecule has 1 amide bonds. The molecule has 0 spiro atoms. The Kier molecular flexibility index (Phi) is 4.18. The summed E-state index contributed by atoms with van der Waals surface area (Å²) in [7, 11) is 0. The van der Waals surface area contributed by atoms with Crippen molar-refractivity contribution in [3.8, 4) is 0 Å². The summed E-state index contributed by atoms with van der Waals surface area (Å²) >= 11 is 0. The third-order valence-electron chi connectivity index (χ3n) is 2.10. The highest BCUT2D eigenvalue weighted by Gasteiger charge is 2.21.